The summed E-state index contributed by atoms with van der Waals surface area (Å²) in [7, 11) is 3.33. The van der Waals surface area contributed by atoms with Gasteiger partial charge in [-0.15, -0.1) is 0 Å². The summed E-state index contributed by atoms with van der Waals surface area (Å²) in [5, 5.41) is 5.42. The number of benzene rings is 4. The zero-order valence-corrected chi connectivity index (χ0v) is 32.2. The fraction of sp³-hybridized carbons (Fsp3) is 0.400. The highest BCUT2D eigenvalue weighted by atomic mass is 16.2. The molecule has 1 heterocycles. The van der Waals surface area contributed by atoms with Crippen molar-refractivity contribution in [2.45, 2.75) is 92.0 Å². The number of carbonyl (C=O) groups is 3. The van der Waals surface area contributed by atoms with E-state index in [0.29, 0.717) is 6.04 Å². The van der Waals surface area contributed by atoms with E-state index in [0.717, 1.165) is 59.2 Å². The largest absolute Gasteiger partial charge is 0.372 e. The normalized spacial score (nSPS) is 14.1. The van der Waals surface area contributed by atoms with Gasteiger partial charge in [0.15, 0.2) is 0 Å². The molecule has 2 fully saturated rings. The summed E-state index contributed by atoms with van der Waals surface area (Å²) in [6.45, 7) is 12.2. The second kappa shape index (κ2) is 17.5. The van der Waals surface area contributed by atoms with Crippen LogP contribution in [0, 0.1) is 27.7 Å². The molecule has 4 aromatic carbocycles. The molecule has 0 spiro atoms. The van der Waals surface area contributed by atoms with Gasteiger partial charge < -0.3 is 20.4 Å². The van der Waals surface area contributed by atoms with Gasteiger partial charge in [-0.05, 0) is 147 Å². The van der Waals surface area contributed by atoms with Crippen LogP contribution in [0.5, 0.6) is 0 Å². The van der Waals surface area contributed by atoms with Crippen LogP contribution in [0.3, 0.4) is 0 Å². The van der Waals surface area contributed by atoms with E-state index in [9.17, 15) is 14.4 Å². The minimum absolute atomic E-state index is 0.0181. The maximum Gasteiger partial charge on any atom is 0.251 e. The van der Waals surface area contributed by atoms with Crippen LogP contribution in [0.1, 0.15) is 111 Å². The Bertz CT molecular complexity index is 1900. The van der Waals surface area contributed by atoms with Crippen LogP contribution < -0.4 is 20.4 Å². The van der Waals surface area contributed by atoms with Gasteiger partial charge in [0.05, 0.1) is 0 Å². The van der Waals surface area contributed by atoms with Crippen molar-refractivity contribution in [3.05, 3.63) is 128 Å². The quantitative estimate of drug-likeness (QED) is 0.184. The van der Waals surface area contributed by atoms with E-state index in [1.807, 2.05) is 43.0 Å². The molecular weight excluding hydrogens is 645 g/mol. The molecule has 1 saturated heterocycles. The number of hydrogen-bond donors (Lipinski definition) is 2. The average molecular weight is 701 g/mol. The molecule has 0 atom stereocenters. The van der Waals surface area contributed by atoms with E-state index in [-0.39, 0.29) is 17.7 Å². The molecule has 0 unspecified atom stereocenters. The lowest BCUT2D eigenvalue weighted by atomic mass is 9.96. The molecule has 274 valence electrons. The molecule has 1 aliphatic carbocycles. The van der Waals surface area contributed by atoms with E-state index in [2.05, 4.69) is 77.9 Å². The van der Waals surface area contributed by atoms with Crippen LogP contribution in [0.2, 0.25) is 0 Å². The van der Waals surface area contributed by atoms with Crippen molar-refractivity contribution in [2.24, 2.45) is 0 Å². The number of rotatable bonds is 9. The molecular formula is C45H56N4O3. The number of nitrogens with zero attached hydrogens (tertiary/aromatic N) is 2. The van der Waals surface area contributed by atoms with Crippen LogP contribution in [-0.4, -0.2) is 50.9 Å². The van der Waals surface area contributed by atoms with Crippen molar-refractivity contribution in [1.82, 2.24) is 10.6 Å². The van der Waals surface area contributed by atoms with E-state index < -0.39 is 0 Å². The fourth-order valence-electron chi connectivity index (χ4n) is 7.65. The summed E-state index contributed by atoms with van der Waals surface area (Å²) in [5.41, 5.74) is 13.1. The Balaban J connectivity index is 0.000000203. The van der Waals surface area contributed by atoms with Gasteiger partial charge in [0, 0.05) is 62.7 Å². The third-order valence-electron chi connectivity index (χ3n) is 10.8. The fourth-order valence-corrected chi connectivity index (χ4v) is 7.65. The van der Waals surface area contributed by atoms with Crippen LogP contribution in [0.25, 0.3) is 0 Å². The van der Waals surface area contributed by atoms with Gasteiger partial charge in [0.1, 0.15) is 0 Å². The molecule has 2 aliphatic rings. The molecule has 1 aliphatic heterocycles. The Hall–Kier alpha value is -4.91. The highest BCUT2D eigenvalue weighted by molar-refractivity contribution is 5.96. The first-order chi connectivity index (χ1) is 25.0. The second-order valence-corrected chi connectivity index (χ2v) is 14.6. The zero-order chi connectivity index (χ0) is 37.4. The maximum atomic E-state index is 12.3. The number of nitrogens with one attached hydrogen (secondary N) is 2. The monoisotopic (exact) mass is 700 g/mol. The third-order valence-corrected chi connectivity index (χ3v) is 10.8. The summed E-state index contributed by atoms with van der Waals surface area (Å²) in [6, 6.07) is 25.6. The Morgan fingerprint density at radius 3 is 1.60 bits per heavy atom. The Morgan fingerprint density at radius 1 is 0.635 bits per heavy atom. The van der Waals surface area contributed by atoms with Gasteiger partial charge in [0.2, 0.25) is 5.91 Å². The molecule has 3 amide bonds. The van der Waals surface area contributed by atoms with Crippen molar-refractivity contribution in [1.29, 1.82) is 0 Å². The van der Waals surface area contributed by atoms with Crippen molar-refractivity contribution < 1.29 is 14.4 Å². The summed E-state index contributed by atoms with van der Waals surface area (Å²) in [4.78, 5) is 40.8. The molecule has 6 rings (SSSR count). The minimum Gasteiger partial charge on any atom is -0.372 e. The van der Waals surface area contributed by atoms with Crippen molar-refractivity contribution >= 4 is 29.1 Å². The first-order valence-corrected chi connectivity index (χ1v) is 18.9. The van der Waals surface area contributed by atoms with Crippen molar-refractivity contribution in [2.75, 3.05) is 37.0 Å². The lowest BCUT2D eigenvalue weighted by molar-refractivity contribution is -0.117. The van der Waals surface area contributed by atoms with Gasteiger partial charge in [-0.2, -0.15) is 0 Å². The molecule has 7 heteroatoms. The molecule has 52 heavy (non-hydrogen) atoms. The van der Waals surface area contributed by atoms with Gasteiger partial charge in [-0.3, -0.25) is 14.4 Å². The predicted octanol–water partition coefficient (Wildman–Crippen LogP) is 8.40. The topological polar surface area (TPSA) is 81.8 Å². The summed E-state index contributed by atoms with van der Waals surface area (Å²) in [5.74, 6) is 0.0448. The van der Waals surface area contributed by atoms with Gasteiger partial charge in [-0.25, -0.2) is 0 Å². The summed E-state index contributed by atoms with van der Waals surface area (Å²) >= 11 is 0. The average Bonchev–Trinajstić information content (AvgIpc) is 3.87. The lowest BCUT2D eigenvalue weighted by Crippen LogP contribution is -2.37. The van der Waals surface area contributed by atoms with Gasteiger partial charge in [-0.1, -0.05) is 49.2 Å². The van der Waals surface area contributed by atoms with Crippen LogP contribution in [0.4, 0.5) is 11.4 Å². The molecule has 1 saturated carbocycles. The number of hydrogen-bond acceptors (Lipinski definition) is 4. The second-order valence-electron chi connectivity index (χ2n) is 14.6. The zero-order valence-electron chi connectivity index (χ0n) is 32.2. The van der Waals surface area contributed by atoms with Crippen LogP contribution in [0.15, 0.2) is 72.8 Å². The first kappa shape index (κ1) is 38.3. The Morgan fingerprint density at radius 2 is 1.13 bits per heavy atom. The van der Waals surface area contributed by atoms with Crippen LogP contribution in [-0.2, 0) is 17.6 Å². The highest BCUT2D eigenvalue weighted by Gasteiger charge is 2.26. The highest BCUT2D eigenvalue weighted by Crippen LogP contribution is 2.31. The number of carbonyl (C=O) groups excluding carboxylic acids is 3. The first-order valence-electron chi connectivity index (χ1n) is 18.9. The van der Waals surface area contributed by atoms with Gasteiger partial charge in [0.25, 0.3) is 11.8 Å². The van der Waals surface area contributed by atoms with Gasteiger partial charge >= 0.3 is 0 Å². The Kier molecular flexibility index (Phi) is 12.9. The number of aryl methyl sites for hydroxylation is 4. The maximum absolute atomic E-state index is 12.3. The number of amides is 3. The third kappa shape index (κ3) is 9.30. The lowest BCUT2D eigenvalue weighted by Gasteiger charge is -2.28. The number of anilines is 2. The van der Waals surface area contributed by atoms with E-state index in [4.69, 9.17) is 0 Å². The summed E-state index contributed by atoms with van der Waals surface area (Å²) < 4.78 is 0. The van der Waals surface area contributed by atoms with E-state index in [1.165, 1.54) is 72.3 Å². The molecule has 0 aromatic heterocycles. The Labute approximate surface area is 310 Å². The molecule has 0 radical (unpaired) electrons. The molecule has 4 aromatic rings. The molecule has 2 N–H and O–H groups in total. The molecule has 0 bridgehead atoms. The summed E-state index contributed by atoms with van der Waals surface area (Å²) in [6.07, 6.45) is 8.80. The molecule has 7 nitrogen and oxygen atoms in total. The smallest absolute Gasteiger partial charge is 0.251 e. The predicted molar refractivity (Wildman–Crippen MR) is 214 cm³/mol. The SMILES string of the molecule is CNC(=O)c1cc(Cc2ccc(N(C(C)=O)C3CCCC3)cc2C)ccc1C.CNC(=O)c1cc(Cc2ccc(N3CCCC3)cc2C)ccc1C. The minimum atomic E-state index is -0.0555. The standard InChI is InChI=1S/C24H30N2O2.C21H26N2O/c1-16-9-10-19(15-23(16)24(28)25-4)14-20-11-12-22(13-17(20)2)26(18(3)27)21-7-5-6-8-21;1-15-6-7-17(14-20(15)21(24)22-3)13-18-8-9-19(12-16(18)2)23-10-4-5-11-23/h9-13,15,21H,5-8,14H2,1-4H3,(H,25,28);6-9,12,14H,4-5,10-11,13H2,1-3H3,(H,22,24). The van der Waals surface area contributed by atoms with E-state index >= 15 is 0 Å². The van der Waals surface area contributed by atoms with Crippen molar-refractivity contribution in [3.63, 3.8) is 0 Å². The van der Waals surface area contributed by atoms with E-state index in [1.54, 1.807) is 21.0 Å². The van der Waals surface area contributed by atoms with Crippen molar-refractivity contribution in [3.8, 4) is 0 Å². The van der Waals surface area contributed by atoms with Crippen LogP contribution >= 0.6 is 0 Å².